The number of aromatic hydroxyl groups is 1. The van der Waals surface area contributed by atoms with E-state index in [1.165, 1.54) is 4.90 Å². The molecule has 0 saturated heterocycles. The van der Waals surface area contributed by atoms with Crippen molar-refractivity contribution in [2.75, 3.05) is 13.1 Å². The van der Waals surface area contributed by atoms with Gasteiger partial charge >= 0.3 is 18.0 Å². The molecular weight excluding hydrogens is 568 g/mol. The highest BCUT2D eigenvalue weighted by molar-refractivity contribution is 5.88. The summed E-state index contributed by atoms with van der Waals surface area (Å²) in [7, 11) is 0. The number of rotatable bonds is 14. The Morgan fingerprint density at radius 3 is 2.02 bits per heavy atom. The van der Waals surface area contributed by atoms with E-state index in [1.807, 2.05) is 105 Å². The second-order valence-electron chi connectivity index (χ2n) is 11.6. The minimum Gasteiger partial charge on any atom is -0.508 e. The molecule has 0 heterocycles. The highest BCUT2D eigenvalue weighted by atomic mass is 16.5. The molecule has 0 fully saturated rings. The van der Waals surface area contributed by atoms with Crippen molar-refractivity contribution in [2.45, 2.75) is 45.3 Å². The first kappa shape index (κ1) is 32.8. The van der Waals surface area contributed by atoms with Crippen LogP contribution in [0.3, 0.4) is 0 Å². The summed E-state index contributed by atoms with van der Waals surface area (Å²) in [5.74, 6) is -1.62. The Morgan fingerprint density at radius 2 is 1.42 bits per heavy atom. The quantitative estimate of drug-likeness (QED) is 0.141. The Bertz CT molecular complexity index is 1560. The van der Waals surface area contributed by atoms with Crippen molar-refractivity contribution in [1.82, 2.24) is 10.2 Å². The van der Waals surface area contributed by atoms with E-state index in [9.17, 15) is 24.6 Å². The van der Waals surface area contributed by atoms with Crippen LogP contribution in [0.5, 0.6) is 5.75 Å². The lowest BCUT2D eigenvalue weighted by atomic mass is 9.82. The number of hydrogen-bond donors (Lipinski definition) is 3. The summed E-state index contributed by atoms with van der Waals surface area (Å²) in [4.78, 5) is 41.3. The van der Waals surface area contributed by atoms with Crippen molar-refractivity contribution in [3.05, 3.63) is 126 Å². The van der Waals surface area contributed by atoms with Crippen LogP contribution in [0, 0.1) is 5.92 Å². The number of esters is 1. The van der Waals surface area contributed by atoms with Crippen LogP contribution in [0.4, 0.5) is 4.79 Å². The largest absolute Gasteiger partial charge is 0.508 e. The molecule has 0 aliphatic rings. The highest BCUT2D eigenvalue weighted by Crippen LogP contribution is 2.31. The maximum atomic E-state index is 13.9. The number of urea groups is 1. The normalized spacial score (nSPS) is 12.2. The van der Waals surface area contributed by atoms with Gasteiger partial charge in [-0.3, -0.25) is 4.79 Å². The smallest absolute Gasteiger partial charge is 0.330 e. The SMILES string of the molecule is CC(C)CN(CCC(=O)OCc1ccccc1)C(=O)NC(Cc1ccccc1)(Cc1cc(O)ccc1-c1ccccc1)C(=O)O. The molecule has 4 aromatic carbocycles. The zero-order chi connectivity index (χ0) is 32.2. The Labute approximate surface area is 264 Å². The lowest BCUT2D eigenvalue weighted by molar-refractivity contribution is -0.146. The van der Waals surface area contributed by atoms with Crippen LogP contribution >= 0.6 is 0 Å². The van der Waals surface area contributed by atoms with Crippen molar-refractivity contribution in [3.63, 3.8) is 0 Å². The second-order valence-corrected chi connectivity index (χ2v) is 11.6. The molecule has 0 saturated carbocycles. The van der Waals surface area contributed by atoms with Crippen molar-refractivity contribution in [2.24, 2.45) is 5.92 Å². The summed E-state index contributed by atoms with van der Waals surface area (Å²) >= 11 is 0. The number of benzene rings is 4. The summed E-state index contributed by atoms with van der Waals surface area (Å²) in [6, 6.07) is 32.2. The average Bonchev–Trinajstić information content (AvgIpc) is 3.03. The van der Waals surface area contributed by atoms with Gasteiger partial charge in [0, 0.05) is 25.9 Å². The van der Waals surface area contributed by atoms with E-state index in [1.54, 1.807) is 18.2 Å². The summed E-state index contributed by atoms with van der Waals surface area (Å²) in [5.41, 5.74) is 1.98. The van der Waals surface area contributed by atoms with Gasteiger partial charge in [0.1, 0.15) is 17.9 Å². The molecule has 4 aromatic rings. The Balaban J connectivity index is 1.62. The number of aliphatic carboxylic acids is 1. The Hall–Kier alpha value is -5.11. The van der Waals surface area contributed by atoms with Gasteiger partial charge in [0.05, 0.1) is 6.42 Å². The van der Waals surface area contributed by atoms with E-state index < -0.39 is 23.5 Å². The first-order valence-corrected chi connectivity index (χ1v) is 15.1. The summed E-state index contributed by atoms with van der Waals surface area (Å²) in [6.07, 6.45) is -0.153. The Morgan fingerprint density at radius 1 is 0.822 bits per heavy atom. The third kappa shape index (κ3) is 9.44. The van der Waals surface area contributed by atoms with Gasteiger partial charge in [-0.15, -0.1) is 0 Å². The second kappa shape index (κ2) is 15.6. The number of phenols is 1. The number of phenolic OH excluding ortho intramolecular Hbond substituents is 1. The molecule has 8 heteroatoms. The van der Waals surface area contributed by atoms with Crippen LogP contribution in [0.1, 0.15) is 37.0 Å². The van der Waals surface area contributed by atoms with Crippen molar-refractivity contribution >= 4 is 18.0 Å². The lowest BCUT2D eigenvalue weighted by Gasteiger charge is -2.35. The van der Waals surface area contributed by atoms with Gasteiger partial charge in [0.25, 0.3) is 0 Å². The van der Waals surface area contributed by atoms with E-state index in [-0.39, 0.29) is 44.1 Å². The number of carboxylic acid groups (broad SMARTS) is 1. The minimum absolute atomic E-state index is 0.00651. The molecule has 0 aliphatic heterocycles. The van der Waals surface area contributed by atoms with Gasteiger partial charge in [-0.1, -0.05) is 111 Å². The average molecular weight is 609 g/mol. The zero-order valence-electron chi connectivity index (χ0n) is 25.7. The van der Waals surface area contributed by atoms with Crippen molar-refractivity contribution in [1.29, 1.82) is 0 Å². The van der Waals surface area contributed by atoms with Gasteiger partial charge < -0.3 is 25.2 Å². The number of hydrogen-bond acceptors (Lipinski definition) is 5. The van der Waals surface area contributed by atoms with E-state index in [0.717, 1.165) is 22.3 Å². The molecule has 0 spiro atoms. The lowest BCUT2D eigenvalue weighted by Crippen LogP contribution is -2.61. The van der Waals surface area contributed by atoms with E-state index in [2.05, 4.69) is 5.32 Å². The van der Waals surface area contributed by atoms with Crippen LogP contribution < -0.4 is 5.32 Å². The fourth-order valence-electron chi connectivity index (χ4n) is 5.29. The summed E-state index contributed by atoms with van der Waals surface area (Å²) in [5, 5.41) is 24.1. The molecule has 3 N–H and O–H groups in total. The molecule has 234 valence electrons. The first-order chi connectivity index (χ1) is 21.6. The third-order valence-corrected chi connectivity index (χ3v) is 7.47. The van der Waals surface area contributed by atoms with Crippen LogP contribution in [-0.2, 0) is 33.8 Å². The number of nitrogens with one attached hydrogen (secondary N) is 1. The maximum Gasteiger partial charge on any atom is 0.330 e. The zero-order valence-corrected chi connectivity index (χ0v) is 25.7. The maximum absolute atomic E-state index is 13.9. The summed E-state index contributed by atoms with van der Waals surface area (Å²) < 4.78 is 5.41. The van der Waals surface area contributed by atoms with E-state index >= 15 is 0 Å². The molecule has 4 rings (SSSR count). The molecule has 1 atom stereocenters. The van der Waals surface area contributed by atoms with Crippen LogP contribution in [0.25, 0.3) is 11.1 Å². The molecule has 2 amide bonds. The number of ether oxygens (including phenoxy) is 1. The van der Waals surface area contributed by atoms with Gasteiger partial charge in [0.15, 0.2) is 0 Å². The first-order valence-electron chi connectivity index (χ1n) is 15.1. The molecule has 0 aliphatic carbocycles. The summed E-state index contributed by atoms with van der Waals surface area (Å²) in [6.45, 7) is 4.38. The highest BCUT2D eigenvalue weighted by Gasteiger charge is 2.42. The molecule has 0 aromatic heterocycles. The number of nitrogens with zero attached hydrogens (tertiary/aromatic N) is 1. The number of carbonyl (C=O) groups excluding carboxylic acids is 2. The predicted molar refractivity (Wildman–Crippen MR) is 174 cm³/mol. The third-order valence-electron chi connectivity index (χ3n) is 7.47. The predicted octanol–water partition coefficient (Wildman–Crippen LogP) is 6.47. The fourth-order valence-corrected chi connectivity index (χ4v) is 5.29. The van der Waals surface area contributed by atoms with E-state index in [0.29, 0.717) is 12.1 Å². The standard InChI is InChI=1S/C37H40N2O6/c1-27(2)25-39(21-20-34(41)45-26-29-14-8-4-9-15-29)36(44)38-37(35(42)43,23-28-12-6-3-7-13-28)24-31-22-32(40)18-19-33(31)30-16-10-5-11-17-30/h3-19,22,27,40H,20-21,23-26H2,1-2H3,(H,38,44)(H,42,43). The van der Waals surface area contributed by atoms with Gasteiger partial charge in [-0.05, 0) is 45.9 Å². The molecule has 0 bridgehead atoms. The molecule has 1 unspecified atom stereocenters. The molecule has 45 heavy (non-hydrogen) atoms. The molecular formula is C37H40N2O6. The van der Waals surface area contributed by atoms with E-state index in [4.69, 9.17) is 4.74 Å². The topological polar surface area (TPSA) is 116 Å². The number of carbonyl (C=O) groups is 3. The number of carboxylic acids is 1. The van der Waals surface area contributed by atoms with Gasteiger partial charge in [-0.2, -0.15) is 0 Å². The van der Waals surface area contributed by atoms with Crippen LogP contribution in [0.2, 0.25) is 0 Å². The minimum atomic E-state index is -1.78. The number of amides is 2. The van der Waals surface area contributed by atoms with Crippen LogP contribution in [-0.4, -0.2) is 51.7 Å². The van der Waals surface area contributed by atoms with Crippen LogP contribution in [0.15, 0.2) is 109 Å². The molecule has 0 radical (unpaired) electrons. The fraction of sp³-hybridized carbons (Fsp3) is 0.270. The van der Waals surface area contributed by atoms with Gasteiger partial charge in [0.2, 0.25) is 0 Å². The van der Waals surface area contributed by atoms with Gasteiger partial charge in [-0.25, -0.2) is 9.59 Å². The van der Waals surface area contributed by atoms with Crippen molar-refractivity contribution in [3.8, 4) is 16.9 Å². The Kier molecular flexibility index (Phi) is 11.3. The molecule has 8 nitrogen and oxygen atoms in total. The van der Waals surface area contributed by atoms with Crippen molar-refractivity contribution < 1.29 is 29.3 Å². The monoisotopic (exact) mass is 608 g/mol.